The Balaban J connectivity index is 1.93. The summed E-state index contributed by atoms with van der Waals surface area (Å²) < 4.78 is 0.878. The van der Waals surface area contributed by atoms with Gasteiger partial charge in [-0.25, -0.2) is 0 Å². The zero-order chi connectivity index (χ0) is 10.7. The molecule has 0 spiro atoms. The molecule has 0 aliphatic rings. The Morgan fingerprint density at radius 3 is 3.07 bits per heavy atom. The lowest BCUT2D eigenvalue weighted by Gasteiger charge is -2.00. The molecule has 0 fully saturated rings. The smallest absolute Gasteiger partial charge is 0.267 e. The van der Waals surface area contributed by atoms with Crippen molar-refractivity contribution in [2.24, 2.45) is 0 Å². The average Bonchev–Trinajstić information content (AvgIpc) is 2.84. The number of hydrogen-bond donors (Lipinski definition) is 2. The standard InChI is InChI=1S/C10H9BrN2OS/c11-8-3-9(12-5-8)10(14)13-4-7-1-2-15-6-7/h1-3,5-6,12H,4H2,(H,13,14). The van der Waals surface area contributed by atoms with Crippen molar-refractivity contribution >= 4 is 33.2 Å². The summed E-state index contributed by atoms with van der Waals surface area (Å²) in [5, 5.41) is 6.84. The number of amides is 1. The predicted octanol–water partition coefficient (Wildman–Crippen LogP) is 2.77. The number of thiophene rings is 1. The summed E-state index contributed by atoms with van der Waals surface area (Å²) in [5.74, 6) is -0.0908. The van der Waals surface area contributed by atoms with Gasteiger partial charge in [-0.15, -0.1) is 0 Å². The zero-order valence-electron chi connectivity index (χ0n) is 7.79. The van der Waals surface area contributed by atoms with Crippen LogP contribution in [0.15, 0.2) is 33.6 Å². The molecule has 2 aromatic heterocycles. The van der Waals surface area contributed by atoms with Crippen molar-refractivity contribution in [3.63, 3.8) is 0 Å². The van der Waals surface area contributed by atoms with Crippen LogP contribution in [0.2, 0.25) is 0 Å². The molecule has 0 aromatic carbocycles. The third kappa shape index (κ3) is 2.70. The molecule has 0 radical (unpaired) electrons. The largest absolute Gasteiger partial charge is 0.356 e. The van der Waals surface area contributed by atoms with Gasteiger partial charge in [-0.3, -0.25) is 4.79 Å². The number of hydrogen-bond acceptors (Lipinski definition) is 2. The molecule has 0 unspecified atom stereocenters. The maximum absolute atomic E-state index is 11.6. The van der Waals surface area contributed by atoms with Crippen LogP contribution in [-0.4, -0.2) is 10.9 Å². The van der Waals surface area contributed by atoms with Gasteiger partial charge in [0.25, 0.3) is 5.91 Å². The van der Waals surface area contributed by atoms with E-state index in [1.807, 2.05) is 16.8 Å². The van der Waals surface area contributed by atoms with E-state index in [1.165, 1.54) is 0 Å². The highest BCUT2D eigenvalue weighted by molar-refractivity contribution is 9.10. The molecule has 2 N–H and O–H groups in total. The Morgan fingerprint density at radius 1 is 1.60 bits per heavy atom. The number of carbonyl (C=O) groups excluding carboxylic acids is 1. The minimum atomic E-state index is -0.0908. The van der Waals surface area contributed by atoms with Gasteiger partial charge < -0.3 is 10.3 Å². The summed E-state index contributed by atoms with van der Waals surface area (Å²) in [4.78, 5) is 14.5. The van der Waals surface area contributed by atoms with Crippen molar-refractivity contribution in [1.29, 1.82) is 0 Å². The molecular weight excluding hydrogens is 276 g/mol. The van der Waals surface area contributed by atoms with Gasteiger partial charge in [0.05, 0.1) is 0 Å². The topological polar surface area (TPSA) is 44.9 Å². The second-order valence-corrected chi connectivity index (χ2v) is 4.74. The van der Waals surface area contributed by atoms with Gasteiger partial charge in [-0.05, 0) is 44.4 Å². The summed E-state index contributed by atoms with van der Waals surface area (Å²) in [7, 11) is 0. The average molecular weight is 285 g/mol. The number of aromatic amines is 1. The molecule has 1 amide bonds. The minimum absolute atomic E-state index is 0.0908. The van der Waals surface area contributed by atoms with Gasteiger partial charge in [0, 0.05) is 17.2 Å². The van der Waals surface area contributed by atoms with Crippen LogP contribution >= 0.6 is 27.3 Å². The van der Waals surface area contributed by atoms with Crippen molar-refractivity contribution in [2.75, 3.05) is 0 Å². The fourth-order valence-corrected chi connectivity index (χ4v) is 2.18. The number of carbonyl (C=O) groups is 1. The summed E-state index contributed by atoms with van der Waals surface area (Å²) in [6.45, 7) is 0.568. The van der Waals surface area contributed by atoms with Crippen LogP contribution in [0.1, 0.15) is 16.1 Å². The van der Waals surface area contributed by atoms with Gasteiger partial charge in [-0.1, -0.05) is 0 Å². The van der Waals surface area contributed by atoms with Crippen LogP contribution in [-0.2, 0) is 6.54 Å². The normalized spacial score (nSPS) is 10.2. The maximum Gasteiger partial charge on any atom is 0.267 e. The maximum atomic E-state index is 11.6. The molecule has 0 atom stereocenters. The molecule has 5 heteroatoms. The Bertz CT molecular complexity index is 450. The van der Waals surface area contributed by atoms with E-state index in [4.69, 9.17) is 0 Å². The van der Waals surface area contributed by atoms with E-state index in [0.717, 1.165) is 10.0 Å². The van der Waals surface area contributed by atoms with Gasteiger partial charge >= 0.3 is 0 Å². The third-order valence-electron chi connectivity index (χ3n) is 1.93. The monoisotopic (exact) mass is 284 g/mol. The number of rotatable bonds is 3. The van der Waals surface area contributed by atoms with Crippen LogP contribution in [0.5, 0.6) is 0 Å². The van der Waals surface area contributed by atoms with Crippen LogP contribution in [0.3, 0.4) is 0 Å². The van der Waals surface area contributed by atoms with Crippen molar-refractivity contribution in [1.82, 2.24) is 10.3 Å². The first-order chi connectivity index (χ1) is 7.25. The molecule has 0 aliphatic heterocycles. The molecule has 15 heavy (non-hydrogen) atoms. The van der Waals surface area contributed by atoms with Crippen LogP contribution in [0, 0.1) is 0 Å². The van der Waals surface area contributed by atoms with Crippen molar-refractivity contribution < 1.29 is 4.79 Å². The van der Waals surface area contributed by atoms with Crippen LogP contribution in [0.4, 0.5) is 0 Å². The SMILES string of the molecule is O=C(NCc1ccsc1)c1cc(Br)c[nH]1. The van der Waals surface area contributed by atoms with E-state index in [1.54, 1.807) is 23.6 Å². The summed E-state index contributed by atoms with van der Waals surface area (Å²) in [6, 6.07) is 3.75. The zero-order valence-corrected chi connectivity index (χ0v) is 10.2. The quantitative estimate of drug-likeness (QED) is 0.895. The number of H-pyrrole nitrogens is 1. The third-order valence-corrected chi connectivity index (χ3v) is 3.12. The Labute approximate surface area is 99.6 Å². The van der Waals surface area contributed by atoms with E-state index in [2.05, 4.69) is 26.2 Å². The first kappa shape index (κ1) is 10.4. The Hall–Kier alpha value is -1.07. The van der Waals surface area contributed by atoms with E-state index in [-0.39, 0.29) is 5.91 Å². The molecule has 2 rings (SSSR count). The number of nitrogens with one attached hydrogen (secondary N) is 2. The fraction of sp³-hybridized carbons (Fsp3) is 0.100. The molecule has 2 aromatic rings. The second kappa shape index (κ2) is 4.63. The van der Waals surface area contributed by atoms with E-state index >= 15 is 0 Å². The highest BCUT2D eigenvalue weighted by Crippen LogP contribution is 2.11. The molecule has 2 heterocycles. The van der Waals surface area contributed by atoms with Gasteiger partial charge in [-0.2, -0.15) is 11.3 Å². The molecular formula is C10H9BrN2OS. The molecule has 0 saturated heterocycles. The van der Waals surface area contributed by atoms with Crippen molar-refractivity contribution in [3.8, 4) is 0 Å². The summed E-state index contributed by atoms with van der Waals surface area (Å²) >= 11 is 4.91. The van der Waals surface area contributed by atoms with E-state index < -0.39 is 0 Å². The van der Waals surface area contributed by atoms with Gasteiger partial charge in [0.2, 0.25) is 0 Å². The van der Waals surface area contributed by atoms with Crippen molar-refractivity contribution in [2.45, 2.75) is 6.54 Å². The summed E-state index contributed by atoms with van der Waals surface area (Å²) in [6.07, 6.45) is 1.74. The lowest BCUT2D eigenvalue weighted by molar-refractivity contribution is 0.0946. The molecule has 0 aliphatic carbocycles. The van der Waals surface area contributed by atoms with Gasteiger partial charge in [0.15, 0.2) is 0 Å². The molecule has 3 nitrogen and oxygen atoms in total. The highest BCUT2D eigenvalue weighted by atomic mass is 79.9. The van der Waals surface area contributed by atoms with E-state index in [9.17, 15) is 4.79 Å². The minimum Gasteiger partial charge on any atom is -0.356 e. The Kier molecular flexibility index (Phi) is 3.23. The first-order valence-corrected chi connectivity index (χ1v) is 6.12. The summed E-state index contributed by atoms with van der Waals surface area (Å²) in [5.41, 5.74) is 1.69. The van der Waals surface area contributed by atoms with Gasteiger partial charge in [0.1, 0.15) is 5.69 Å². The number of halogens is 1. The first-order valence-electron chi connectivity index (χ1n) is 4.39. The fourth-order valence-electron chi connectivity index (χ4n) is 1.17. The number of aromatic nitrogens is 1. The molecule has 0 bridgehead atoms. The highest BCUT2D eigenvalue weighted by Gasteiger charge is 2.06. The lowest BCUT2D eigenvalue weighted by atomic mass is 10.3. The van der Waals surface area contributed by atoms with Crippen LogP contribution < -0.4 is 5.32 Å². The van der Waals surface area contributed by atoms with E-state index in [0.29, 0.717) is 12.2 Å². The molecule has 78 valence electrons. The Morgan fingerprint density at radius 2 is 2.47 bits per heavy atom. The van der Waals surface area contributed by atoms with Crippen LogP contribution in [0.25, 0.3) is 0 Å². The lowest BCUT2D eigenvalue weighted by Crippen LogP contribution is -2.22. The second-order valence-electron chi connectivity index (χ2n) is 3.05. The predicted molar refractivity (Wildman–Crippen MR) is 64.0 cm³/mol. The molecule has 0 saturated carbocycles. The van der Waals surface area contributed by atoms with Crippen molar-refractivity contribution in [3.05, 3.63) is 44.8 Å².